The van der Waals surface area contributed by atoms with Gasteiger partial charge in [-0.25, -0.2) is 4.98 Å². The molecule has 0 bridgehead atoms. The Kier molecular flexibility index (Phi) is 5.52. The lowest BCUT2D eigenvalue weighted by molar-refractivity contribution is 0.0922. The van der Waals surface area contributed by atoms with Crippen LogP contribution in [0.3, 0.4) is 0 Å². The van der Waals surface area contributed by atoms with E-state index >= 15 is 0 Å². The predicted octanol–water partition coefficient (Wildman–Crippen LogP) is 3.91. The van der Waals surface area contributed by atoms with Gasteiger partial charge in [-0.05, 0) is 50.7 Å². The van der Waals surface area contributed by atoms with E-state index in [9.17, 15) is 4.79 Å². The molecule has 2 fully saturated rings. The van der Waals surface area contributed by atoms with Crippen molar-refractivity contribution >= 4 is 11.6 Å². The summed E-state index contributed by atoms with van der Waals surface area (Å²) in [6.45, 7) is 3.36. The predicted molar refractivity (Wildman–Crippen MR) is 93.9 cm³/mol. The molecule has 1 atom stereocenters. The van der Waals surface area contributed by atoms with Crippen molar-refractivity contribution in [2.75, 3.05) is 11.4 Å². The lowest BCUT2D eigenvalue weighted by Gasteiger charge is -2.37. The zero-order chi connectivity index (χ0) is 16.1. The first-order valence-corrected chi connectivity index (χ1v) is 9.31. The van der Waals surface area contributed by atoms with E-state index in [1.54, 1.807) is 0 Å². The van der Waals surface area contributed by atoms with Gasteiger partial charge in [0.25, 0.3) is 5.91 Å². The van der Waals surface area contributed by atoms with Gasteiger partial charge < -0.3 is 10.2 Å². The summed E-state index contributed by atoms with van der Waals surface area (Å²) in [6.07, 6.45) is 12.9. The van der Waals surface area contributed by atoms with Gasteiger partial charge in [-0.1, -0.05) is 26.2 Å². The Hall–Kier alpha value is -1.58. The number of nitrogens with zero attached hydrogens (tertiary/aromatic N) is 2. The van der Waals surface area contributed by atoms with E-state index < -0.39 is 0 Å². The van der Waals surface area contributed by atoms with Crippen molar-refractivity contribution in [1.29, 1.82) is 0 Å². The Labute approximate surface area is 139 Å². The van der Waals surface area contributed by atoms with Crippen LogP contribution in [0.1, 0.15) is 75.2 Å². The molecule has 1 amide bonds. The first-order chi connectivity index (χ1) is 11.3. The fourth-order valence-electron chi connectivity index (χ4n) is 3.96. The number of rotatable bonds is 4. The van der Waals surface area contributed by atoms with E-state index in [-0.39, 0.29) is 5.91 Å². The van der Waals surface area contributed by atoms with Gasteiger partial charge in [0.2, 0.25) is 0 Å². The van der Waals surface area contributed by atoms with Gasteiger partial charge in [0.1, 0.15) is 5.69 Å². The Morgan fingerprint density at radius 3 is 2.65 bits per heavy atom. The summed E-state index contributed by atoms with van der Waals surface area (Å²) in [7, 11) is 0. The summed E-state index contributed by atoms with van der Waals surface area (Å²) < 4.78 is 0. The molecule has 3 rings (SSSR count). The molecule has 126 valence electrons. The van der Waals surface area contributed by atoms with Crippen LogP contribution < -0.4 is 10.2 Å². The lowest BCUT2D eigenvalue weighted by Crippen LogP contribution is -2.39. The van der Waals surface area contributed by atoms with Crippen LogP contribution in [0.4, 0.5) is 5.69 Å². The molecule has 0 aromatic carbocycles. The first kappa shape index (κ1) is 16.3. The normalized spacial score (nSPS) is 22.8. The molecule has 4 heteroatoms. The molecule has 2 aliphatic rings. The number of anilines is 1. The largest absolute Gasteiger partial charge is 0.367 e. The Morgan fingerprint density at radius 1 is 1.17 bits per heavy atom. The van der Waals surface area contributed by atoms with Crippen molar-refractivity contribution < 1.29 is 4.79 Å². The molecule has 4 nitrogen and oxygen atoms in total. The van der Waals surface area contributed by atoms with Crippen LogP contribution in [0.5, 0.6) is 0 Å². The van der Waals surface area contributed by atoms with Crippen molar-refractivity contribution in [1.82, 2.24) is 10.3 Å². The van der Waals surface area contributed by atoms with Crippen LogP contribution in [0.15, 0.2) is 18.3 Å². The molecule has 1 N–H and O–H groups in total. The average Bonchev–Trinajstić information content (AvgIpc) is 2.62. The van der Waals surface area contributed by atoms with Crippen LogP contribution >= 0.6 is 0 Å². The van der Waals surface area contributed by atoms with Gasteiger partial charge >= 0.3 is 0 Å². The third-order valence-electron chi connectivity index (χ3n) is 5.35. The number of hydrogen-bond donors (Lipinski definition) is 1. The molecular weight excluding hydrogens is 286 g/mol. The van der Waals surface area contributed by atoms with Gasteiger partial charge in [-0.2, -0.15) is 0 Å². The minimum atomic E-state index is -0.0193. The topological polar surface area (TPSA) is 45.2 Å². The molecule has 1 aliphatic carbocycles. The highest BCUT2D eigenvalue weighted by Crippen LogP contribution is 2.26. The molecule has 1 unspecified atom stereocenters. The van der Waals surface area contributed by atoms with E-state index in [2.05, 4.69) is 28.2 Å². The third kappa shape index (κ3) is 4.04. The third-order valence-corrected chi connectivity index (χ3v) is 5.35. The fourth-order valence-corrected chi connectivity index (χ4v) is 3.96. The number of aromatic nitrogens is 1. The van der Waals surface area contributed by atoms with Crippen LogP contribution in [-0.2, 0) is 0 Å². The van der Waals surface area contributed by atoms with Crippen molar-refractivity contribution in [3.8, 4) is 0 Å². The standard InChI is InChI=1S/C19H29N3O/c1-2-16-10-6-7-13-22(16)17-11-12-18(20-14-17)19(23)21-15-8-4-3-5-9-15/h11-12,14-16H,2-10,13H2,1H3,(H,21,23). The van der Waals surface area contributed by atoms with Gasteiger partial charge in [0.15, 0.2) is 0 Å². The fraction of sp³-hybridized carbons (Fsp3) is 0.684. The molecule has 1 aliphatic heterocycles. The summed E-state index contributed by atoms with van der Waals surface area (Å²) in [6, 6.07) is 4.91. The van der Waals surface area contributed by atoms with Crippen molar-refractivity contribution in [3.63, 3.8) is 0 Å². The maximum Gasteiger partial charge on any atom is 0.270 e. The Bertz CT molecular complexity index is 508. The number of nitrogens with one attached hydrogen (secondary N) is 1. The minimum absolute atomic E-state index is 0.0193. The summed E-state index contributed by atoms with van der Waals surface area (Å²) >= 11 is 0. The van der Waals surface area contributed by atoms with Crippen LogP contribution in [0, 0.1) is 0 Å². The van der Waals surface area contributed by atoms with Gasteiger partial charge in [-0.15, -0.1) is 0 Å². The van der Waals surface area contributed by atoms with Crippen molar-refractivity contribution in [2.45, 2.75) is 76.8 Å². The van der Waals surface area contributed by atoms with Gasteiger partial charge in [-0.3, -0.25) is 4.79 Å². The molecule has 1 aromatic heterocycles. The maximum absolute atomic E-state index is 12.3. The molecule has 23 heavy (non-hydrogen) atoms. The number of pyridine rings is 1. The second-order valence-electron chi connectivity index (χ2n) is 6.96. The van der Waals surface area contributed by atoms with Crippen LogP contribution in [-0.4, -0.2) is 29.5 Å². The summed E-state index contributed by atoms with van der Waals surface area (Å²) in [4.78, 5) is 19.2. The lowest BCUT2D eigenvalue weighted by atomic mass is 9.95. The quantitative estimate of drug-likeness (QED) is 0.916. The number of carbonyl (C=O) groups excluding carboxylic acids is 1. The highest BCUT2D eigenvalue weighted by atomic mass is 16.1. The average molecular weight is 315 g/mol. The summed E-state index contributed by atoms with van der Waals surface area (Å²) in [5.41, 5.74) is 1.70. The zero-order valence-electron chi connectivity index (χ0n) is 14.3. The monoisotopic (exact) mass is 315 g/mol. The number of hydrogen-bond acceptors (Lipinski definition) is 3. The van der Waals surface area contributed by atoms with Crippen molar-refractivity contribution in [2.24, 2.45) is 0 Å². The van der Waals surface area contributed by atoms with E-state index in [0.717, 1.165) is 25.1 Å². The van der Waals surface area contributed by atoms with Crippen molar-refractivity contribution in [3.05, 3.63) is 24.0 Å². The van der Waals surface area contributed by atoms with Crippen LogP contribution in [0.25, 0.3) is 0 Å². The molecule has 0 radical (unpaired) electrons. The van der Waals surface area contributed by atoms with E-state index in [1.807, 2.05) is 12.3 Å². The molecular formula is C19H29N3O. The number of piperidine rings is 1. The van der Waals surface area contributed by atoms with Gasteiger partial charge in [0.05, 0.1) is 11.9 Å². The molecule has 1 saturated heterocycles. The number of carbonyl (C=O) groups is 1. The summed E-state index contributed by atoms with van der Waals surface area (Å²) in [5, 5.41) is 3.14. The second-order valence-corrected chi connectivity index (χ2v) is 6.96. The SMILES string of the molecule is CCC1CCCCN1c1ccc(C(=O)NC2CCCCC2)nc1. The summed E-state index contributed by atoms with van der Waals surface area (Å²) in [5.74, 6) is -0.0193. The highest BCUT2D eigenvalue weighted by Gasteiger charge is 2.22. The molecule has 1 saturated carbocycles. The minimum Gasteiger partial charge on any atom is -0.367 e. The van der Waals surface area contributed by atoms with E-state index in [1.165, 1.54) is 44.9 Å². The second kappa shape index (κ2) is 7.80. The van der Waals surface area contributed by atoms with E-state index in [0.29, 0.717) is 17.8 Å². The zero-order valence-corrected chi connectivity index (χ0v) is 14.3. The Morgan fingerprint density at radius 2 is 1.96 bits per heavy atom. The number of amides is 1. The van der Waals surface area contributed by atoms with E-state index in [4.69, 9.17) is 0 Å². The Balaban J connectivity index is 1.62. The molecule has 1 aromatic rings. The van der Waals surface area contributed by atoms with Gasteiger partial charge in [0, 0.05) is 18.6 Å². The maximum atomic E-state index is 12.3. The molecule has 2 heterocycles. The first-order valence-electron chi connectivity index (χ1n) is 9.31. The molecule has 0 spiro atoms. The smallest absolute Gasteiger partial charge is 0.270 e. The van der Waals surface area contributed by atoms with Crippen LogP contribution in [0.2, 0.25) is 0 Å². The highest BCUT2D eigenvalue weighted by molar-refractivity contribution is 5.92.